The normalized spacial score (nSPS) is 11.2. The molecule has 0 saturated heterocycles. The highest BCUT2D eigenvalue weighted by molar-refractivity contribution is 6.30. The van der Waals surface area contributed by atoms with Crippen LogP contribution in [-0.2, 0) is 0 Å². The van der Waals surface area contributed by atoms with Crippen molar-refractivity contribution in [2.45, 2.75) is 0 Å². The molecular weight excluding hydrogens is 292 g/mol. The smallest absolute Gasteiger partial charge is 0.0998 e. The summed E-state index contributed by atoms with van der Waals surface area (Å²) in [6, 6.07) is 23.5. The molecule has 0 aliphatic rings. The average Bonchev–Trinajstić information content (AvgIpc) is 3.01. The van der Waals surface area contributed by atoms with Crippen molar-refractivity contribution in [2.24, 2.45) is 0 Å². The maximum Gasteiger partial charge on any atom is 0.0998 e. The van der Waals surface area contributed by atoms with E-state index in [9.17, 15) is 5.26 Å². The van der Waals surface area contributed by atoms with E-state index in [1.54, 1.807) is 12.1 Å². The van der Waals surface area contributed by atoms with Crippen LogP contribution in [0.15, 0.2) is 72.9 Å². The number of hydrogen-bond acceptors (Lipinski definition) is 1. The van der Waals surface area contributed by atoms with Crippen LogP contribution in [0.4, 0.5) is 0 Å². The molecule has 0 bridgehead atoms. The van der Waals surface area contributed by atoms with E-state index in [0.29, 0.717) is 10.6 Å². The zero-order valence-electron chi connectivity index (χ0n) is 11.8. The minimum atomic E-state index is 0.582. The molecule has 3 heteroatoms. The Kier molecular flexibility index (Phi) is 4.09. The SMILES string of the molecule is N#C/C(=C/c1cccn1-c1ccccc1)c1cccc(Cl)c1. The molecule has 2 nitrogen and oxygen atoms in total. The van der Waals surface area contributed by atoms with Gasteiger partial charge in [0.15, 0.2) is 0 Å². The number of nitrogens with zero attached hydrogens (tertiary/aromatic N) is 2. The van der Waals surface area contributed by atoms with E-state index < -0.39 is 0 Å². The summed E-state index contributed by atoms with van der Waals surface area (Å²) < 4.78 is 2.04. The zero-order chi connectivity index (χ0) is 15.4. The number of rotatable bonds is 3. The summed E-state index contributed by atoms with van der Waals surface area (Å²) in [5, 5.41) is 10.1. The largest absolute Gasteiger partial charge is 0.317 e. The van der Waals surface area contributed by atoms with E-state index in [1.807, 2.05) is 71.4 Å². The standard InChI is InChI=1S/C19H13ClN2/c20-17-7-4-6-15(12-17)16(14-21)13-19-10-5-11-22(19)18-8-2-1-3-9-18/h1-13H/b16-13-. The lowest BCUT2D eigenvalue weighted by Gasteiger charge is -2.07. The van der Waals surface area contributed by atoms with Gasteiger partial charge in [0.25, 0.3) is 0 Å². The molecule has 0 atom stereocenters. The van der Waals surface area contributed by atoms with Crippen LogP contribution in [0, 0.1) is 11.3 Å². The van der Waals surface area contributed by atoms with Gasteiger partial charge in [0.05, 0.1) is 11.6 Å². The third-order valence-electron chi connectivity index (χ3n) is 3.36. The molecule has 0 aliphatic heterocycles. The Bertz CT molecular complexity index is 854. The second-order valence-electron chi connectivity index (χ2n) is 4.82. The minimum absolute atomic E-state index is 0.582. The number of hydrogen-bond donors (Lipinski definition) is 0. The average molecular weight is 305 g/mol. The Morgan fingerprint density at radius 1 is 1.00 bits per heavy atom. The van der Waals surface area contributed by atoms with E-state index in [4.69, 9.17) is 11.6 Å². The van der Waals surface area contributed by atoms with Gasteiger partial charge in [-0.2, -0.15) is 5.26 Å². The molecule has 0 N–H and O–H groups in total. The first kappa shape index (κ1) is 14.2. The lowest BCUT2D eigenvalue weighted by atomic mass is 10.1. The van der Waals surface area contributed by atoms with E-state index in [0.717, 1.165) is 16.9 Å². The molecule has 0 saturated carbocycles. The van der Waals surface area contributed by atoms with E-state index in [1.165, 1.54) is 0 Å². The Balaban J connectivity index is 2.05. The predicted molar refractivity (Wildman–Crippen MR) is 90.7 cm³/mol. The lowest BCUT2D eigenvalue weighted by Crippen LogP contribution is -1.94. The van der Waals surface area contributed by atoms with Gasteiger partial charge < -0.3 is 4.57 Å². The van der Waals surface area contributed by atoms with Crippen LogP contribution in [0.2, 0.25) is 5.02 Å². The van der Waals surface area contributed by atoms with E-state index in [2.05, 4.69) is 6.07 Å². The number of aromatic nitrogens is 1. The summed E-state index contributed by atoms with van der Waals surface area (Å²) >= 11 is 6.01. The van der Waals surface area contributed by atoms with Crippen molar-refractivity contribution < 1.29 is 0 Å². The Morgan fingerprint density at radius 3 is 2.55 bits per heavy atom. The molecule has 22 heavy (non-hydrogen) atoms. The fraction of sp³-hybridized carbons (Fsp3) is 0. The van der Waals surface area contributed by atoms with Crippen LogP contribution < -0.4 is 0 Å². The molecule has 106 valence electrons. The molecule has 0 aliphatic carbocycles. The highest BCUT2D eigenvalue weighted by Gasteiger charge is 2.05. The quantitative estimate of drug-likeness (QED) is 0.612. The van der Waals surface area contributed by atoms with Crippen molar-refractivity contribution in [2.75, 3.05) is 0 Å². The fourth-order valence-corrected chi connectivity index (χ4v) is 2.51. The van der Waals surface area contributed by atoms with Gasteiger partial charge in [0, 0.05) is 22.6 Å². The lowest BCUT2D eigenvalue weighted by molar-refractivity contribution is 1.06. The van der Waals surface area contributed by atoms with Gasteiger partial charge in [-0.25, -0.2) is 0 Å². The third-order valence-corrected chi connectivity index (χ3v) is 3.60. The van der Waals surface area contributed by atoms with E-state index in [-0.39, 0.29) is 0 Å². The summed E-state index contributed by atoms with van der Waals surface area (Å²) in [4.78, 5) is 0. The number of allylic oxidation sites excluding steroid dienone is 1. The molecule has 1 heterocycles. The predicted octanol–water partition coefficient (Wildman–Crippen LogP) is 5.19. The first-order valence-electron chi connectivity index (χ1n) is 6.88. The van der Waals surface area contributed by atoms with Crippen LogP contribution in [-0.4, -0.2) is 4.57 Å². The van der Waals surface area contributed by atoms with Gasteiger partial charge in [0.1, 0.15) is 0 Å². The molecule has 1 aromatic heterocycles. The summed E-state index contributed by atoms with van der Waals surface area (Å²) in [6.07, 6.45) is 3.85. The zero-order valence-corrected chi connectivity index (χ0v) is 12.5. The maximum absolute atomic E-state index is 9.46. The van der Waals surface area contributed by atoms with Crippen molar-refractivity contribution in [3.63, 3.8) is 0 Å². The Hall–Kier alpha value is -2.76. The van der Waals surface area contributed by atoms with Crippen LogP contribution in [0.3, 0.4) is 0 Å². The summed E-state index contributed by atoms with van der Waals surface area (Å²) in [6.45, 7) is 0. The molecule has 0 unspecified atom stereocenters. The Labute approximate surface area is 134 Å². The molecule has 0 fully saturated rings. The minimum Gasteiger partial charge on any atom is -0.317 e. The number of benzene rings is 2. The molecule has 0 radical (unpaired) electrons. The van der Waals surface area contributed by atoms with Crippen molar-refractivity contribution in [3.8, 4) is 11.8 Å². The number of para-hydroxylation sites is 1. The van der Waals surface area contributed by atoms with Gasteiger partial charge >= 0.3 is 0 Å². The van der Waals surface area contributed by atoms with Gasteiger partial charge in [-0.1, -0.05) is 41.9 Å². The van der Waals surface area contributed by atoms with Gasteiger partial charge in [-0.15, -0.1) is 0 Å². The monoisotopic (exact) mass is 304 g/mol. The molecule has 0 spiro atoms. The molecule has 3 aromatic rings. The fourth-order valence-electron chi connectivity index (χ4n) is 2.32. The second kappa shape index (κ2) is 6.34. The van der Waals surface area contributed by atoms with Crippen molar-refractivity contribution >= 4 is 23.3 Å². The van der Waals surface area contributed by atoms with Crippen molar-refractivity contribution in [3.05, 3.63) is 89.2 Å². The maximum atomic E-state index is 9.46. The van der Waals surface area contributed by atoms with Crippen LogP contribution in [0.5, 0.6) is 0 Å². The summed E-state index contributed by atoms with van der Waals surface area (Å²) in [7, 11) is 0. The van der Waals surface area contributed by atoms with Gasteiger partial charge in [-0.05, 0) is 48.0 Å². The van der Waals surface area contributed by atoms with Crippen LogP contribution in [0.25, 0.3) is 17.3 Å². The third kappa shape index (κ3) is 2.95. The summed E-state index contributed by atoms with van der Waals surface area (Å²) in [5.41, 5.74) is 3.40. The highest BCUT2D eigenvalue weighted by atomic mass is 35.5. The van der Waals surface area contributed by atoms with Crippen molar-refractivity contribution in [1.82, 2.24) is 4.57 Å². The molecule has 3 rings (SSSR count). The van der Waals surface area contributed by atoms with Gasteiger partial charge in [0.2, 0.25) is 0 Å². The topological polar surface area (TPSA) is 28.7 Å². The molecule has 0 amide bonds. The van der Waals surface area contributed by atoms with E-state index >= 15 is 0 Å². The van der Waals surface area contributed by atoms with Gasteiger partial charge in [-0.3, -0.25) is 0 Å². The first-order valence-corrected chi connectivity index (χ1v) is 7.26. The van der Waals surface area contributed by atoms with Crippen molar-refractivity contribution in [1.29, 1.82) is 5.26 Å². The molecular formula is C19H13ClN2. The van der Waals surface area contributed by atoms with Crippen LogP contribution in [0.1, 0.15) is 11.3 Å². The first-order chi connectivity index (χ1) is 10.8. The molecule has 2 aromatic carbocycles. The number of halogens is 1. The second-order valence-corrected chi connectivity index (χ2v) is 5.26. The highest BCUT2D eigenvalue weighted by Crippen LogP contribution is 2.22. The van der Waals surface area contributed by atoms with Crippen LogP contribution >= 0.6 is 11.6 Å². The number of nitriles is 1. The summed E-state index contributed by atoms with van der Waals surface area (Å²) in [5.74, 6) is 0. The Morgan fingerprint density at radius 2 is 1.82 bits per heavy atom.